The molecule has 1 atom stereocenters. The molecule has 0 aromatic rings. The van der Waals surface area contributed by atoms with Gasteiger partial charge < -0.3 is 9.79 Å². The Labute approximate surface area is 94.0 Å². The molecule has 0 fully saturated rings. The molecule has 0 spiro atoms. The summed E-state index contributed by atoms with van der Waals surface area (Å²) in [5.74, 6) is 0. The first-order valence-electron chi connectivity index (χ1n) is 5.74. The van der Waals surface area contributed by atoms with E-state index in [1.54, 1.807) is 6.92 Å². The van der Waals surface area contributed by atoms with Gasteiger partial charge in [-0.05, 0) is 19.9 Å². The van der Waals surface area contributed by atoms with E-state index in [1.807, 2.05) is 0 Å². The van der Waals surface area contributed by atoms with Gasteiger partial charge in [0.15, 0.2) is 0 Å². The van der Waals surface area contributed by atoms with E-state index in [2.05, 4.69) is 12.2 Å². The number of unbranched alkanes of at least 4 members (excludes halogenated alkanes) is 5. The van der Waals surface area contributed by atoms with Crippen LogP contribution in [0.4, 0.5) is 0 Å². The molecule has 0 bridgehead atoms. The van der Waals surface area contributed by atoms with Crippen molar-refractivity contribution in [2.45, 2.75) is 58.6 Å². The van der Waals surface area contributed by atoms with Crippen molar-refractivity contribution >= 4 is 8.60 Å². The van der Waals surface area contributed by atoms with Crippen LogP contribution in [-0.4, -0.2) is 22.6 Å². The molecule has 4 nitrogen and oxygen atoms in total. The third kappa shape index (κ3) is 12.2. The lowest BCUT2D eigenvalue weighted by molar-refractivity contribution is 0.155. The summed E-state index contributed by atoms with van der Waals surface area (Å²) < 4.78 is 4.76. The van der Waals surface area contributed by atoms with Crippen molar-refractivity contribution in [3.8, 4) is 0 Å². The Hall–Kier alpha value is 0.270. The quantitative estimate of drug-likeness (QED) is 0.310. The van der Waals surface area contributed by atoms with E-state index >= 15 is 0 Å². The molecule has 5 heteroatoms. The topological polar surface area (TPSA) is 61.7 Å². The van der Waals surface area contributed by atoms with Gasteiger partial charge in [-0.3, -0.25) is 9.84 Å². The van der Waals surface area contributed by atoms with Gasteiger partial charge in [-0.2, -0.15) is 0 Å². The summed E-state index contributed by atoms with van der Waals surface area (Å²) in [6.45, 7) is 4.86. The van der Waals surface area contributed by atoms with Crippen molar-refractivity contribution in [3.63, 3.8) is 0 Å². The van der Waals surface area contributed by atoms with Crippen LogP contribution in [0.1, 0.15) is 52.4 Å². The first kappa shape index (κ1) is 15.3. The molecule has 0 saturated carbocycles. The van der Waals surface area contributed by atoms with Gasteiger partial charge in [0.2, 0.25) is 0 Å². The van der Waals surface area contributed by atoms with E-state index in [0.29, 0.717) is 0 Å². The molecule has 0 aliphatic rings. The summed E-state index contributed by atoms with van der Waals surface area (Å²) >= 11 is 0. The van der Waals surface area contributed by atoms with E-state index in [9.17, 15) is 0 Å². The molecule has 0 heterocycles. The van der Waals surface area contributed by atoms with Crippen molar-refractivity contribution in [2.24, 2.45) is 0 Å². The Morgan fingerprint density at radius 2 is 1.73 bits per heavy atom. The van der Waals surface area contributed by atoms with Crippen molar-refractivity contribution in [3.05, 3.63) is 0 Å². The summed E-state index contributed by atoms with van der Waals surface area (Å²) in [7, 11) is -2.23. The Kier molecular flexibility index (Phi) is 11.0. The van der Waals surface area contributed by atoms with Gasteiger partial charge in [0, 0.05) is 0 Å². The average molecular weight is 237 g/mol. The molecule has 3 N–H and O–H groups in total. The molecule has 0 aliphatic heterocycles. The fourth-order valence-electron chi connectivity index (χ4n) is 1.39. The first-order chi connectivity index (χ1) is 7.16. The third-order valence-electron chi connectivity index (χ3n) is 2.21. The van der Waals surface area contributed by atoms with Crippen LogP contribution < -0.4 is 5.32 Å². The second-order valence-corrected chi connectivity index (χ2v) is 4.44. The zero-order valence-electron chi connectivity index (χ0n) is 9.78. The molecule has 0 aromatic carbocycles. The lowest BCUT2D eigenvalue weighted by atomic mass is 10.1. The number of hydrogen-bond acceptors (Lipinski definition) is 4. The second-order valence-electron chi connectivity index (χ2n) is 3.72. The minimum atomic E-state index is -2.23. The van der Waals surface area contributed by atoms with Crippen molar-refractivity contribution in [1.29, 1.82) is 0 Å². The molecule has 0 saturated heterocycles. The van der Waals surface area contributed by atoms with Gasteiger partial charge in [0.1, 0.15) is 6.23 Å². The molecule has 92 valence electrons. The highest BCUT2D eigenvalue weighted by atomic mass is 31.2. The number of rotatable bonds is 10. The first-order valence-corrected chi connectivity index (χ1v) is 6.91. The molecular weight excluding hydrogens is 213 g/mol. The lowest BCUT2D eigenvalue weighted by Gasteiger charge is -2.14. The molecule has 0 aliphatic carbocycles. The summed E-state index contributed by atoms with van der Waals surface area (Å²) in [6.07, 6.45) is 7.28. The van der Waals surface area contributed by atoms with Gasteiger partial charge in [0.25, 0.3) is 0 Å². The largest absolute Gasteiger partial charge is 0.328 e. The monoisotopic (exact) mass is 237 g/mol. The molecule has 15 heavy (non-hydrogen) atoms. The Balaban J connectivity index is 3.09. The standard InChI is InChI=1S/C10H24NO3P/c1-3-4-5-6-7-8-9-11-10(2)14-15(12)13/h10-13H,3-9H2,1-2H3. The zero-order valence-corrected chi connectivity index (χ0v) is 10.7. The SMILES string of the molecule is CCCCCCCCNC(C)OP(O)O. The fraction of sp³-hybridized carbons (Fsp3) is 1.00. The van der Waals surface area contributed by atoms with Crippen LogP contribution in [0.3, 0.4) is 0 Å². The second kappa shape index (κ2) is 10.8. The van der Waals surface area contributed by atoms with Crippen LogP contribution in [-0.2, 0) is 4.52 Å². The van der Waals surface area contributed by atoms with Crippen LogP contribution in [0, 0.1) is 0 Å². The minimum absolute atomic E-state index is 0.276. The van der Waals surface area contributed by atoms with Gasteiger partial charge in [-0.15, -0.1) is 0 Å². The maximum absolute atomic E-state index is 8.58. The van der Waals surface area contributed by atoms with Gasteiger partial charge >= 0.3 is 8.60 Å². The Morgan fingerprint density at radius 3 is 2.33 bits per heavy atom. The van der Waals surface area contributed by atoms with Gasteiger partial charge in [-0.25, -0.2) is 0 Å². The van der Waals surface area contributed by atoms with E-state index in [1.165, 1.54) is 32.1 Å². The van der Waals surface area contributed by atoms with Gasteiger partial charge in [-0.1, -0.05) is 39.0 Å². The molecule has 0 radical (unpaired) electrons. The highest BCUT2D eigenvalue weighted by Crippen LogP contribution is 2.25. The fourth-order valence-corrected chi connectivity index (χ4v) is 1.75. The minimum Gasteiger partial charge on any atom is -0.328 e. The molecule has 1 unspecified atom stereocenters. The maximum atomic E-state index is 8.58. The Morgan fingerprint density at radius 1 is 1.13 bits per heavy atom. The smallest absolute Gasteiger partial charge is 0.328 e. The highest BCUT2D eigenvalue weighted by Gasteiger charge is 2.06. The summed E-state index contributed by atoms with van der Waals surface area (Å²) in [5, 5.41) is 3.08. The predicted molar refractivity (Wildman–Crippen MR) is 63.3 cm³/mol. The molecular formula is C10H24NO3P. The zero-order chi connectivity index (χ0) is 11.5. The van der Waals surface area contributed by atoms with Gasteiger partial charge in [0.05, 0.1) is 0 Å². The molecule has 0 aromatic heterocycles. The average Bonchev–Trinajstić information content (AvgIpc) is 2.15. The summed E-state index contributed by atoms with van der Waals surface area (Å²) in [6, 6.07) is 0. The Bertz CT molecular complexity index is 136. The van der Waals surface area contributed by atoms with Crippen molar-refractivity contribution in [1.82, 2.24) is 5.32 Å². The summed E-state index contributed by atoms with van der Waals surface area (Å²) in [4.78, 5) is 17.2. The van der Waals surface area contributed by atoms with Crippen molar-refractivity contribution < 1.29 is 14.3 Å². The van der Waals surface area contributed by atoms with E-state index in [0.717, 1.165) is 13.0 Å². The number of hydrogen-bond donors (Lipinski definition) is 3. The predicted octanol–water partition coefficient (Wildman–Crippen LogP) is 2.51. The van der Waals surface area contributed by atoms with Crippen molar-refractivity contribution in [2.75, 3.05) is 6.54 Å². The van der Waals surface area contributed by atoms with E-state index in [4.69, 9.17) is 14.3 Å². The number of nitrogens with one attached hydrogen (secondary N) is 1. The highest BCUT2D eigenvalue weighted by molar-refractivity contribution is 7.39. The normalized spacial score (nSPS) is 13.4. The van der Waals surface area contributed by atoms with Crippen LogP contribution in [0.2, 0.25) is 0 Å². The van der Waals surface area contributed by atoms with Crippen LogP contribution in [0.15, 0.2) is 0 Å². The lowest BCUT2D eigenvalue weighted by Crippen LogP contribution is -2.28. The van der Waals surface area contributed by atoms with E-state index in [-0.39, 0.29) is 6.23 Å². The molecule has 0 rings (SSSR count). The van der Waals surface area contributed by atoms with E-state index < -0.39 is 8.60 Å². The summed E-state index contributed by atoms with van der Waals surface area (Å²) in [5.41, 5.74) is 0. The van der Waals surface area contributed by atoms with Crippen LogP contribution in [0.25, 0.3) is 0 Å². The van der Waals surface area contributed by atoms with Crippen LogP contribution >= 0.6 is 8.60 Å². The third-order valence-corrected chi connectivity index (χ3v) is 2.72. The molecule has 0 amide bonds. The van der Waals surface area contributed by atoms with Crippen LogP contribution in [0.5, 0.6) is 0 Å². The maximum Gasteiger partial charge on any atom is 0.328 e.